The first-order valence-corrected chi connectivity index (χ1v) is 8.22. The minimum Gasteiger partial charge on any atom is -0.353 e. The van der Waals surface area contributed by atoms with Crippen LogP contribution in [0.4, 0.5) is 4.39 Å². The summed E-state index contributed by atoms with van der Waals surface area (Å²) >= 11 is 0. The van der Waals surface area contributed by atoms with Gasteiger partial charge in [0.05, 0.1) is 6.67 Å². The average Bonchev–Trinajstić information content (AvgIpc) is 2.46. The molecule has 0 spiro atoms. The molecule has 0 bridgehead atoms. The smallest absolute Gasteiger partial charge is 0.157 e. The molecule has 1 fully saturated rings. The number of ether oxygens (including phenoxy) is 2. The Morgan fingerprint density at radius 3 is 2.05 bits per heavy atom. The maximum Gasteiger partial charge on any atom is 0.157 e. The van der Waals surface area contributed by atoms with E-state index in [-0.39, 0.29) is 13.0 Å². The lowest BCUT2D eigenvalue weighted by molar-refractivity contribution is -0.162. The van der Waals surface area contributed by atoms with Crippen molar-refractivity contribution in [2.24, 2.45) is 0 Å². The highest BCUT2D eigenvalue weighted by Gasteiger charge is 2.13. The maximum absolute atomic E-state index is 11.9. The van der Waals surface area contributed by atoms with Crippen LogP contribution < -0.4 is 0 Å². The van der Waals surface area contributed by atoms with Gasteiger partial charge in [-0.1, -0.05) is 44.9 Å². The zero-order valence-electron chi connectivity index (χ0n) is 12.4. The third-order valence-corrected chi connectivity index (χ3v) is 3.72. The Morgan fingerprint density at radius 2 is 1.47 bits per heavy atom. The van der Waals surface area contributed by atoms with Gasteiger partial charge in [-0.2, -0.15) is 0 Å². The van der Waals surface area contributed by atoms with Gasteiger partial charge in [0.2, 0.25) is 0 Å². The average molecular weight is 274 g/mol. The van der Waals surface area contributed by atoms with E-state index >= 15 is 0 Å². The van der Waals surface area contributed by atoms with E-state index in [0.29, 0.717) is 0 Å². The third kappa shape index (κ3) is 10.3. The number of hydrogen-bond acceptors (Lipinski definition) is 2. The first kappa shape index (κ1) is 16.9. The summed E-state index contributed by atoms with van der Waals surface area (Å²) in [6, 6.07) is 0. The van der Waals surface area contributed by atoms with Gasteiger partial charge in [0.15, 0.2) is 6.29 Å². The monoisotopic (exact) mass is 274 g/mol. The maximum atomic E-state index is 11.9. The van der Waals surface area contributed by atoms with Gasteiger partial charge in [0.25, 0.3) is 0 Å². The standard InChI is InChI=1S/C16H31FO2/c17-13-9-6-4-2-1-3-5-7-10-14-18-16-12-8-11-15-19-16/h16H,1-15H2. The van der Waals surface area contributed by atoms with Crippen LogP contribution in [-0.2, 0) is 9.47 Å². The van der Waals surface area contributed by atoms with E-state index in [1.54, 1.807) is 0 Å². The first-order chi connectivity index (χ1) is 9.43. The molecule has 0 radical (unpaired) electrons. The summed E-state index contributed by atoms with van der Waals surface area (Å²) in [4.78, 5) is 0. The predicted molar refractivity (Wildman–Crippen MR) is 77.1 cm³/mol. The van der Waals surface area contributed by atoms with Crippen LogP contribution in [0, 0.1) is 0 Å². The highest BCUT2D eigenvalue weighted by Crippen LogP contribution is 2.15. The summed E-state index contributed by atoms with van der Waals surface area (Å²) < 4.78 is 23.1. The highest BCUT2D eigenvalue weighted by atomic mass is 19.1. The van der Waals surface area contributed by atoms with Crippen molar-refractivity contribution in [3.05, 3.63) is 0 Å². The molecule has 2 nitrogen and oxygen atoms in total. The molecular weight excluding hydrogens is 243 g/mol. The molecule has 0 aliphatic carbocycles. The fourth-order valence-electron chi connectivity index (χ4n) is 2.49. The Hall–Kier alpha value is -0.150. The van der Waals surface area contributed by atoms with Crippen molar-refractivity contribution < 1.29 is 13.9 Å². The number of rotatable bonds is 12. The molecule has 0 aromatic carbocycles. The molecule has 1 saturated heterocycles. The number of halogens is 1. The topological polar surface area (TPSA) is 18.5 Å². The van der Waals surface area contributed by atoms with Gasteiger partial charge in [-0.05, 0) is 32.1 Å². The largest absolute Gasteiger partial charge is 0.353 e. The molecule has 1 atom stereocenters. The van der Waals surface area contributed by atoms with Crippen LogP contribution in [0.3, 0.4) is 0 Å². The molecule has 0 aromatic heterocycles. The molecule has 3 heteroatoms. The van der Waals surface area contributed by atoms with Crippen molar-refractivity contribution >= 4 is 0 Å². The van der Waals surface area contributed by atoms with Crippen LogP contribution in [0.15, 0.2) is 0 Å². The Balaban J connectivity index is 1.71. The summed E-state index contributed by atoms with van der Waals surface area (Å²) in [5.41, 5.74) is 0. The molecule has 19 heavy (non-hydrogen) atoms. The van der Waals surface area contributed by atoms with Crippen molar-refractivity contribution in [2.45, 2.75) is 83.3 Å². The summed E-state index contributed by atoms with van der Waals surface area (Å²) in [6.45, 7) is 1.57. The molecule has 0 saturated carbocycles. The summed E-state index contributed by atoms with van der Waals surface area (Å²) in [6.07, 6.45) is 14.2. The second-order valence-electron chi connectivity index (χ2n) is 5.54. The molecule has 1 aliphatic heterocycles. The van der Waals surface area contributed by atoms with Gasteiger partial charge in [0, 0.05) is 13.2 Å². The second kappa shape index (κ2) is 12.9. The van der Waals surface area contributed by atoms with Gasteiger partial charge in [0.1, 0.15) is 0 Å². The molecular formula is C16H31FO2. The van der Waals surface area contributed by atoms with E-state index in [1.165, 1.54) is 51.4 Å². The molecule has 0 aromatic rings. The Labute approximate surface area is 118 Å². The van der Waals surface area contributed by atoms with E-state index < -0.39 is 0 Å². The summed E-state index contributed by atoms with van der Waals surface area (Å²) in [5.74, 6) is 0. The van der Waals surface area contributed by atoms with Crippen molar-refractivity contribution in [1.82, 2.24) is 0 Å². The van der Waals surface area contributed by atoms with Crippen molar-refractivity contribution in [3.63, 3.8) is 0 Å². The Bertz CT molecular complexity index is 182. The third-order valence-electron chi connectivity index (χ3n) is 3.72. The summed E-state index contributed by atoms with van der Waals surface area (Å²) in [5, 5.41) is 0. The van der Waals surface area contributed by atoms with Gasteiger partial charge in [-0.3, -0.25) is 4.39 Å². The van der Waals surface area contributed by atoms with E-state index in [0.717, 1.165) is 38.9 Å². The number of alkyl halides is 1. The molecule has 1 rings (SSSR count). The first-order valence-electron chi connectivity index (χ1n) is 8.22. The van der Waals surface area contributed by atoms with Crippen LogP contribution in [0.25, 0.3) is 0 Å². The van der Waals surface area contributed by atoms with E-state index in [9.17, 15) is 4.39 Å². The van der Waals surface area contributed by atoms with Crippen molar-refractivity contribution in [3.8, 4) is 0 Å². The number of hydrogen-bond donors (Lipinski definition) is 0. The predicted octanol–water partition coefficient (Wildman–Crippen LogP) is 5.01. The normalized spacial score (nSPS) is 19.7. The van der Waals surface area contributed by atoms with E-state index in [4.69, 9.17) is 9.47 Å². The van der Waals surface area contributed by atoms with Gasteiger partial charge in [-0.25, -0.2) is 0 Å². The van der Waals surface area contributed by atoms with Gasteiger partial charge >= 0.3 is 0 Å². The van der Waals surface area contributed by atoms with E-state index in [1.807, 2.05) is 0 Å². The zero-order chi connectivity index (χ0) is 13.6. The summed E-state index contributed by atoms with van der Waals surface area (Å²) in [7, 11) is 0. The molecule has 0 N–H and O–H groups in total. The number of unbranched alkanes of at least 4 members (excludes halogenated alkanes) is 8. The van der Waals surface area contributed by atoms with Crippen LogP contribution in [-0.4, -0.2) is 26.2 Å². The van der Waals surface area contributed by atoms with E-state index in [2.05, 4.69) is 0 Å². The highest BCUT2D eigenvalue weighted by molar-refractivity contribution is 4.54. The fraction of sp³-hybridized carbons (Fsp3) is 1.00. The van der Waals surface area contributed by atoms with Crippen LogP contribution in [0.2, 0.25) is 0 Å². The molecule has 1 heterocycles. The lowest BCUT2D eigenvalue weighted by Gasteiger charge is -2.22. The van der Waals surface area contributed by atoms with Crippen LogP contribution in [0.5, 0.6) is 0 Å². The van der Waals surface area contributed by atoms with Gasteiger partial charge in [-0.15, -0.1) is 0 Å². The van der Waals surface area contributed by atoms with Crippen molar-refractivity contribution in [2.75, 3.05) is 19.9 Å². The molecule has 114 valence electrons. The SMILES string of the molecule is FCCCCCCCCCCCOC1CCCCO1. The lowest BCUT2D eigenvalue weighted by Crippen LogP contribution is -2.22. The fourth-order valence-corrected chi connectivity index (χ4v) is 2.49. The Kier molecular flexibility index (Phi) is 11.4. The minimum atomic E-state index is -0.148. The molecule has 0 amide bonds. The van der Waals surface area contributed by atoms with Crippen LogP contribution >= 0.6 is 0 Å². The lowest BCUT2D eigenvalue weighted by atomic mass is 10.1. The van der Waals surface area contributed by atoms with Gasteiger partial charge < -0.3 is 9.47 Å². The quantitative estimate of drug-likeness (QED) is 0.466. The molecule has 1 aliphatic rings. The minimum absolute atomic E-state index is 0.0734. The Morgan fingerprint density at radius 1 is 0.842 bits per heavy atom. The molecule has 1 unspecified atom stereocenters. The second-order valence-corrected chi connectivity index (χ2v) is 5.54. The van der Waals surface area contributed by atoms with Crippen molar-refractivity contribution in [1.29, 1.82) is 0 Å². The zero-order valence-corrected chi connectivity index (χ0v) is 12.4. The van der Waals surface area contributed by atoms with Crippen LogP contribution in [0.1, 0.15) is 77.0 Å².